The summed E-state index contributed by atoms with van der Waals surface area (Å²) in [5.41, 5.74) is 0.981. The second-order valence-electron chi connectivity index (χ2n) is 5.70. The Labute approximate surface area is 135 Å². The fourth-order valence-electron chi connectivity index (χ4n) is 2.68. The van der Waals surface area contributed by atoms with Crippen molar-refractivity contribution in [1.29, 1.82) is 0 Å². The minimum Gasteiger partial charge on any atom is -0.424 e. The molecule has 1 fully saturated rings. The maximum Gasteiger partial charge on any atom is 0.230 e. The van der Waals surface area contributed by atoms with Gasteiger partial charge in [-0.3, -0.25) is 4.90 Å². The number of anilines is 2. The highest BCUT2D eigenvalue weighted by Crippen LogP contribution is 2.17. The maximum atomic E-state index is 5.45. The molecule has 0 radical (unpaired) electrons. The van der Waals surface area contributed by atoms with Crippen LogP contribution in [0, 0.1) is 13.8 Å². The van der Waals surface area contributed by atoms with E-state index in [0.29, 0.717) is 24.3 Å². The number of piperazine rings is 1. The summed E-state index contributed by atoms with van der Waals surface area (Å²) < 4.78 is 5.45. The molecule has 23 heavy (non-hydrogen) atoms. The van der Waals surface area contributed by atoms with E-state index in [0.717, 1.165) is 44.2 Å². The topological polar surface area (TPSA) is 83.2 Å². The lowest BCUT2D eigenvalue weighted by atomic mass is 10.3. The Kier molecular flexibility index (Phi) is 4.71. The Balaban J connectivity index is 1.60. The second kappa shape index (κ2) is 6.91. The Bertz CT molecular complexity index is 649. The molecule has 0 atom stereocenters. The van der Waals surface area contributed by atoms with Crippen LogP contribution in [-0.4, -0.2) is 57.8 Å². The monoisotopic (exact) mass is 317 g/mol. The van der Waals surface area contributed by atoms with E-state index in [1.54, 1.807) is 0 Å². The highest BCUT2D eigenvalue weighted by Gasteiger charge is 2.20. The van der Waals surface area contributed by atoms with Crippen LogP contribution in [0.3, 0.4) is 0 Å². The summed E-state index contributed by atoms with van der Waals surface area (Å²) in [5, 5.41) is 11.1. The number of aromatic nitrogens is 4. The Morgan fingerprint density at radius 1 is 1.13 bits per heavy atom. The molecule has 0 saturated carbocycles. The van der Waals surface area contributed by atoms with Crippen LogP contribution in [0.5, 0.6) is 0 Å². The molecule has 1 aliphatic rings. The summed E-state index contributed by atoms with van der Waals surface area (Å²) in [7, 11) is 0. The summed E-state index contributed by atoms with van der Waals surface area (Å²) >= 11 is 0. The third-order valence-electron chi connectivity index (χ3n) is 3.80. The molecule has 124 valence electrons. The van der Waals surface area contributed by atoms with Crippen molar-refractivity contribution in [2.24, 2.45) is 0 Å². The molecule has 0 bridgehead atoms. The van der Waals surface area contributed by atoms with E-state index in [1.165, 1.54) is 0 Å². The predicted octanol–water partition coefficient (Wildman–Crippen LogP) is 1.23. The van der Waals surface area contributed by atoms with E-state index in [2.05, 4.69) is 35.3 Å². The van der Waals surface area contributed by atoms with Gasteiger partial charge in [0.15, 0.2) is 0 Å². The van der Waals surface area contributed by atoms with Crippen LogP contribution in [0.1, 0.15) is 24.4 Å². The molecule has 1 aliphatic heterocycles. The smallest absolute Gasteiger partial charge is 0.230 e. The van der Waals surface area contributed by atoms with E-state index in [4.69, 9.17) is 4.42 Å². The zero-order valence-electron chi connectivity index (χ0n) is 13.9. The third kappa shape index (κ3) is 3.95. The molecule has 8 heteroatoms. The molecule has 0 amide bonds. The summed E-state index contributed by atoms with van der Waals surface area (Å²) in [6.07, 6.45) is 0. The van der Waals surface area contributed by atoms with Crippen molar-refractivity contribution in [2.45, 2.75) is 27.3 Å². The SMILES string of the molecule is CCNc1nc(C)cc(N2CCN(Cc3nnc(C)o3)CC2)n1. The van der Waals surface area contributed by atoms with Crippen LogP contribution in [-0.2, 0) is 6.54 Å². The molecule has 0 spiro atoms. The van der Waals surface area contributed by atoms with E-state index in [9.17, 15) is 0 Å². The summed E-state index contributed by atoms with van der Waals surface area (Å²) in [6, 6.07) is 2.04. The molecule has 1 saturated heterocycles. The highest BCUT2D eigenvalue weighted by molar-refractivity contribution is 5.45. The molecule has 8 nitrogen and oxygen atoms in total. The lowest BCUT2D eigenvalue weighted by molar-refractivity contribution is 0.224. The Hall–Kier alpha value is -2.22. The van der Waals surface area contributed by atoms with Crippen LogP contribution in [0.25, 0.3) is 0 Å². The van der Waals surface area contributed by atoms with Crippen molar-refractivity contribution in [3.05, 3.63) is 23.5 Å². The first-order valence-electron chi connectivity index (χ1n) is 8.00. The van der Waals surface area contributed by atoms with Gasteiger partial charge < -0.3 is 14.6 Å². The van der Waals surface area contributed by atoms with Gasteiger partial charge in [-0.2, -0.15) is 4.98 Å². The number of hydrogen-bond acceptors (Lipinski definition) is 8. The first kappa shape index (κ1) is 15.7. The maximum absolute atomic E-state index is 5.45. The fraction of sp³-hybridized carbons (Fsp3) is 0.600. The predicted molar refractivity (Wildman–Crippen MR) is 87.5 cm³/mol. The van der Waals surface area contributed by atoms with Gasteiger partial charge in [-0.05, 0) is 13.8 Å². The van der Waals surface area contributed by atoms with Crippen LogP contribution in [0.15, 0.2) is 10.5 Å². The summed E-state index contributed by atoms with van der Waals surface area (Å²) in [6.45, 7) is 11.1. The minimum atomic E-state index is 0.617. The average molecular weight is 317 g/mol. The molecular weight excluding hydrogens is 294 g/mol. The molecule has 0 aliphatic carbocycles. The lowest BCUT2D eigenvalue weighted by Crippen LogP contribution is -2.46. The van der Waals surface area contributed by atoms with E-state index < -0.39 is 0 Å². The first-order valence-corrected chi connectivity index (χ1v) is 8.00. The van der Waals surface area contributed by atoms with E-state index >= 15 is 0 Å². The third-order valence-corrected chi connectivity index (χ3v) is 3.80. The molecule has 0 unspecified atom stereocenters. The van der Waals surface area contributed by atoms with Gasteiger partial charge in [0, 0.05) is 51.4 Å². The van der Waals surface area contributed by atoms with Crippen LogP contribution in [0.4, 0.5) is 11.8 Å². The number of aryl methyl sites for hydroxylation is 2. The summed E-state index contributed by atoms with van der Waals surface area (Å²) in [4.78, 5) is 13.6. The van der Waals surface area contributed by atoms with Gasteiger partial charge in [0.2, 0.25) is 17.7 Å². The zero-order valence-corrected chi connectivity index (χ0v) is 13.9. The number of nitrogens with zero attached hydrogens (tertiary/aromatic N) is 6. The normalized spacial score (nSPS) is 15.9. The van der Waals surface area contributed by atoms with Gasteiger partial charge in [0.1, 0.15) is 5.82 Å². The van der Waals surface area contributed by atoms with Gasteiger partial charge in [-0.15, -0.1) is 10.2 Å². The van der Waals surface area contributed by atoms with Crippen LogP contribution >= 0.6 is 0 Å². The minimum absolute atomic E-state index is 0.617. The molecule has 2 aromatic rings. The van der Waals surface area contributed by atoms with Crippen molar-refractivity contribution < 1.29 is 4.42 Å². The quantitative estimate of drug-likeness (QED) is 0.881. The van der Waals surface area contributed by atoms with Gasteiger partial charge in [-0.1, -0.05) is 0 Å². The first-order chi connectivity index (χ1) is 11.1. The van der Waals surface area contributed by atoms with Crippen molar-refractivity contribution in [3.63, 3.8) is 0 Å². The van der Waals surface area contributed by atoms with Crippen LogP contribution < -0.4 is 10.2 Å². The lowest BCUT2D eigenvalue weighted by Gasteiger charge is -2.34. The summed E-state index contributed by atoms with van der Waals surface area (Å²) in [5.74, 6) is 2.99. The largest absolute Gasteiger partial charge is 0.424 e. The van der Waals surface area contributed by atoms with E-state index in [1.807, 2.05) is 26.8 Å². The van der Waals surface area contributed by atoms with Crippen molar-refractivity contribution in [2.75, 3.05) is 42.9 Å². The fourth-order valence-corrected chi connectivity index (χ4v) is 2.68. The Morgan fingerprint density at radius 2 is 1.91 bits per heavy atom. The van der Waals surface area contributed by atoms with Gasteiger partial charge in [0.05, 0.1) is 6.54 Å². The van der Waals surface area contributed by atoms with Crippen molar-refractivity contribution >= 4 is 11.8 Å². The number of nitrogens with one attached hydrogen (secondary N) is 1. The molecule has 1 N–H and O–H groups in total. The Morgan fingerprint density at radius 3 is 2.57 bits per heavy atom. The van der Waals surface area contributed by atoms with Gasteiger partial charge >= 0.3 is 0 Å². The molecule has 3 heterocycles. The van der Waals surface area contributed by atoms with Crippen molar-refractivity contribution in [3.8, 4) is 0 Å². The van der Waals surface area contributed by atoms with Crippen LogP contribution in [0.2, 0.25) is 0 Å². The standard InChI is InChI=1S/C15H23N7O/c1-4-16-15-17-11(2)9-13(18-15)22-7-5-21(6-8-22)10-14-20-19-12(3)23-14/h9H,4-8,10H2,1-3H3,(H,16,17,18). The highest BCUT2D eigenvalue weighted by atomic mass is 16.4. The number of rotatable bonds is 5. The average Bonchev–Trinajstić information content (AvgIpc) is 2.93. The molecule has 0 aromatic carbocycles. The van der Waals surface area contributed by atoms with E-state index in [-0.39, 0.29) is 0 Å². The molecule has 2 aromatic heterocycles. The molecule has 3 rings (SSSR count). The van der Waals surface area contributed by atoms with Gasteiger partial charge in [0.25, 0.3) is 0 Å². The second-order valence-corrected chi connectivity index (χ2v) is 5.70. The van der Waals surface area contributed by atoms with Crippen molar-refractivity contribution in [1.82, 2.24) is 25.1 Å². The molecular formula is C15H23N7O. The number of hydrogen-bond donors (Lipinski definition) is 1. The van der Waals surface area contributed by atoms with Gasteiger partial charge in [-0.25, -0.2) is 4.98 Å². The zero-order chi connectivity index (χ0) is 16.2.